The molecule has 130 valence electrons. The number of carbonyl (C=O) groups is 2. The third kappa shape index (κ3) is 5.93. The summed E-state index contributed by atoms with van der Waals surface area (Å²) in [4.78, 5) is 23.7. The molecule has 0 aliphatic carbocycles. The van der Waals surface area contributed by atoms with Crippen molar-refractivity contribution in [3.63, 3.8) is 0 Å². The molecule has 0 bridgehead atoms. The van der Waals surface area contributed by atoms with E-state index in [2.05, 4.69) is 5.32 Å². The van der Waals surface area contributed by atoms with Crippen molar-refractivity contribution in [1.29, 1.82) is 0 Å². The zero-order valence-electron chi connectivity index (χ0n) is 13.8. The minimum absolute atomic E-state index is 0.184. The fourth-order valence-corrected chi connectivity index (χ4v) is 2.43. The van der Waals surface area contributed by atoms with Gasteiger partial charge in [-0.15, -0.1) is 0 Å². The Morgan fingerprint density at radius 1 is 1.08 bits per heavy atom. The Hall–Kier alpha value is -2.30. The average Bonchev–Trinajstić information content (AvgIpc) is 2.54. The van der Waals surface area contributed by atoms with E-state index < -0.39 is 5.97 Å². The standard InChI is InChI=1S/C19H17Cl2NO3/c1-12(2)25-19(24)14-4-8-16(9-5-14)22-18(23)10-6-13-3-7-15(20)11-17(13)21/h3-12H,1-2H3,(H,22,23)/b10-6-. The first-order chi connectivity index (χ1) is 11.8. The highest BCUT2D eigenvalue weighted by atomic mass is 35.5. The second-order valence-corrected chi connectivity index (χ2v) is 6.36. The van der Waals surface area contributed by atoms with Crippen LogP contribution < -0.4 is 5.32 Å². The van der Waals surface area contributed by atoms with Crippen LogP contribution in [-0.4, -0.2) is 18.0 Å². The van der Waals surface area contributed by atoms with Crippen LogP contribution >= 0.6 is 23.2 Å². The Kier molecular flexibility index (Phi) is 6.62. The lowest BCUT2D eigenvalue weighted by Gasteiger charge is -2.08. The molecule has 0 heterocycles. The monoisotopic (exact) mass is 377 g/mol. The summed E-state index contributed by atoms with van der Waals surface area (Å²) in [6, 6.07) is 11.5. The molecule has 0 radical (unpaired) electrons. The van der Waals surface area contributed by atoms with E-state index in [-0.39, 0.29) is 12.0 Å². The molecule has 2 rings (SSSR count). The summed E-state index contributed by atoms with van der Waals surface area (Å²) in [5, 5.41) is 3.70. The Balaban J connectivity index is 1.98. The number of anilines is 1. The number of ether oxygens (including phenoxy) is 1. The van der Waals surface area contributed by atoms with Crippen molar-refractivity contribution in [2.75, 3.05) is 5.32 Å². The maximum Gasteiger partial charge on any atom is 0.338 e. The molecule has 25 heavy (non-hydrogen) atoms. The first kappa shape index (κ1) is 19.0. The van der Waals surface area contributed by atoms with Crippen LogP contribution in [0.25, 0.3) is 6.08 Å². The van der Waals surface area contributed by atoms with Gasteiger partial charge in [0.1, 0.15) is 0 Å². The third-order valence-corrected chi connectivity index (χ3v) is 3.67. The smallest absolute Gasteiger partial charge is 0.338 e. The van der Waals surface area contributed by atoms with Crippen LogP contribution in [0.2, 0.25) is 10.0 Å². The fourth-order valence-electron chi connectivity index (χ4n) is 1.96. The number of esters is 1. The first-order valence-corrected chi connectivity index (χ1v) is 8.36. The molecule has 0 spiro atoms. The van der Waals surface area contributed by atoms with Gasteiger partial charge in [0.15, 0.2) is 0 Å². The Morgan fingerprint density at radius 3 is 2.36 bits per heavy atom. The molecular weight excluding hydrogens is 361 g/mol. The summed E-state index contributed by atoms with van der Waals surface area (Å²) in [5.74, 6) is -0.714. The predicted octanol–water partition coefficient (Wildman–Crippen LogP) is 5.21. The number of amides is 1. The van der Waals surface area contributed by atoms with Crippen LogP contribution in [0.1, 0.15) is 29.8 Å². The molecule has 4 nitrogen and oxygen atoms in total. The molecule has 0 saturated heterocycles. The second kappa shape index (κ2) is 8.70. The van der Waals surface area contributed by atoms with E-state index >= 15 is 0 Å². The number of hydrogen-bond donors (Lipinski definition) is 1. The lowest BCUT2D eigenvalue weighted by molar-refractivity contribution is -0.111. The Morgan fingerprint density at radius 2 is 1.76 bits per heavy atom. The molecule has 0 saturated carbocycles. The second-order valence-electron chi connectivity index (χ2n) is 5.52. The van der Waals surface area contributed by atoms with Gasteiger partial charge >= 0.3 is 5.97 Å². The van der Waals surface area contributed by atoms with Crippen molar-refractivity contribution >= 4 is 46.8 Å². The van der Waals surface area contributed by atoms with Gasteiger partial charge in [0, 0.05) is 21.8 Å². The maximum absolute atomic E-state index is 12.0. The summed E-state index contributed by atoms with van der Waals surface area (Å²) in [7, 11) is 0. The van der Waals surface area contributed by atoms with Crippen molar-refractivity contribution < 1.29 is 14.3 Å². The van der Waals surface area contributed by atoms with E-state index in [1.807, 2.05) is 0 Å². The SMILES string of the molecule is CC(C)OC(=O)c1ccc(NC(=O)/C=C\c2ccc(Cl)cc2Cl)cc1. The van der Waals surface area contributed by atoms with Crippen LogP contribution in [0.3, 0.4) is 0 Å². The van der Waals surface area contributed by atoms with Crippen molar-refractivity contribution in [2.45, 2.75) is 20.0 Å². The number of hydrogen-bond acceptors (Lipinski definition) is 3. The predicted molar refractivity (Wildman–Crippen MR) is 101 cm³/mol. The van der Waals surface area contributed by atoms with Gasteiger partial charge in [-0.1, -0.05) is 29.3 Å². The fraction of sp³-hybridized carbons (Fsp3) is 0.158. The molecule has 2 aromatic carbocycles. The van der Waals surface area contributed by atoms with Gasteiger partial charge in [-0.05, 0) is 61.9 Å². The van der Waals surface area contributed by atoms with Gasteiger partial charge in [0.25, 0.3) is 0 Å². The van der Waals surface area contributed by atoms with E-state index in [0.29, 0.717) is 26.9 Å². The Labute approximate surface area is 156 Å². The van der Waals surface area contributed by atoms with Gasteiger partial charge in [-0.25, -0.2) is 4.79 Å². The largest absolute Gasteiger partial charge is 0.459 e. The molecule has 1 amide bonds. The van der Waals surface area contributed by atoms with Crippen LogP contribution in [0.5, 0.6) is 0 Å². The van der Waals surface area contributed by atoms with Gasteiger partial charge in [0.2, 0.25) is 5.91 Å². The molecule has 2 aromatic rings. The van der Waals surface area contributed by atoms with Crippen LogP contribution in [0.15, 0.2) is 48.5 Å². The van der Waals surface area contributed by atoms with Crippen LogP contribution in [0.4, 0.5) is 5.69 Å². The van der Waals surface area contributed by atoms with E-state index in [9.17, 15) is 9.59 Å². The van der Waals surface area contributed by atoms with E-state index in [1.165, 1.54) is 6.08 Å². The maximum atomic E-state index is 12.0. The zero-order chi connectivity index (χ0) is 18.4. The molecule has 0 aromatic heterocycles. The van der Waals surface area contributed by atoms with Crippen molar-refractivity contribution in [1.82, 2.24) is 0 Å². The zero-order valence-corrected chi connectivity index (χ0v) is 15.3. The Bertz CT molecular complexity index is 799. The van der Waals surface area contributed by atoms with E-state index in [0.717, 1.165) is 0 Å². The quantitative estimate of drug-likeness (QED) is 0.574. The summed E-state index contributed by atoms with van der Waals surface area (Å²) in [5.41, 5.74) is 1.68. The van der Waals surface area contributed by atoms with E-state index in [1.54, 1.807) is 62.4 Å². The van der Waals surface area contributed by atoms with Crippen molar-refractivity contribution in [3.05, 3.63) is 69.7 Å². The minimum Gasteiger partial charge on any atom is -0.459 e. The number of halogens is 2. The summed E-state index contributed by atoms with van der Waals surface area (Å²) in [6.45, 7) is 3.57. The topological polar surface area (TPSA) is 55.4 Å². The molecule has 0 aliphatic rings. The molecular formula is C19H17Cl2NO3. The van der Waals surface area contributed by atoms with Gasteiger partial charge in [-0.3, -0.25) is 4.79 Å². The molecule has 1 N–H and O–H groups in total. The van der Waals surface area contributed by atoms with Crippen LogP contribution in [0, 0.1) is 0 Å². The first-order valence-electron chi connectivity index (χ1n) is 7.60. The minimum atomic E-state index is -0.398. The van der Waals surface area contributed by atoms with Gasteiger partial charge in [-0.2, -0.15) is 0 Å². The third-order valence-electron chi connectivity index (χ3n) is 3.11. The van der Waals surface area contributed by atoms with Gasteiger partial charge < -0.3 is 10.1 Å². The summed E-state index contributed by atoms with van der Waals surface area (Å²) >= 11 is 11.9. The lowest BCUT2D eigenvalue weighted by Crippen LogP contribution is -2.12. The van der Waals surface area contributed by atoms with E-state index in [4.69, 9.17) is 27.9 Å². The molecule has 0 aliphatic heterocycles. The highest BCUT2D eigenvalue weighted by molar-refractivity contribution is 6.35. The summed E-state index contributed by atoms with van der Waals surface area (Å²) < 4.78 is 5.11. The van der Waals surface area contributed by atoms with Crippen molar-refractivity contribution in [3.8, 4) is 0 Å². The average molecular weight is 378 g/mol. The molecule has 0 unspecified atom stereocenters. The highest BCUT2D eigenvalue weighted by Crippen LogP contribution is 2.22. The number of nitrogens with one attached hydrogen (secondary N) is 1. The normalized spacial score (nSPS) is 10.9. The lowest BCUT2D eigenvalue weighted by atomic mass is 10.2. The number of rotatable bonds is 5. The molecule has 0 atom stereocenters. The van der Waals surface area contributed by atoms with Gasteiger partial charge in [0.05, 0.1) is 11.7 Å². The number of benzene rings is 2. The summed E-state index contributed by atoms with van der Waals surface area (Å²) in [6.07, 6.45) is 2.79. The molecule has 0 fully saturated rings. The van der Waals surface area contributed by atoms with Crippen LogP contribution in [-0.2, 0) is 9.53 Å². The van der Waals surface area contributed by atoms with Crippen molar-refractivity contribution in [2.24, 2.45) is 0 Å². The highest BCUT2D eigenvalue weighted by Gasteiger charge is 2.09. The number of carbonyl (C=O) groups excluding carboxylic acids is 2. The molecule has 6 heteroatoms.